The van der Waals surface area contributed by atoms with Crippen molar-refractivity contribution in [3.8, 4) is 5.75 Å². The van der Waals surface area contributed by atoms with E-state index in [0.717, 1.165) is 35.4 Å². The van der Waals surface area contributed by atoms with E-state index in [1.54, 1.807) is 30.0 Å². The maximum atomic E-state index is 13.4. The molecule has 0 spiro atoms. The minimum absolute atomic E-state index is 0.0136. The molecule has 3 aromatic carbocycles. The van der Waals surface area contributed by atoms with Crippen LogP contribution in [0.3, 0.4) is 0 Å². The normalized spacial score (nSPS) is 21.2. The number of thioether (sulfide) groups is 1. The van der Waals surface area contributed by atoms with Crippen LogP contribution in [-0.2, 0) is 11.9 Å². The third-order valence-electron chi connectivity index (χ3n) is 6.89. The van der Waals surface area contributed by atoms with Gasteiger partial charge in [-0.1, -0.05) is 47.5 Å². The van der Waals surface area contributed by atoms with Crippen LogP contribution in [0, 0.1) is 0 Å². The summed E-state index contributed by atoms with van der Waals surface area (Å²) in [4.78, 5) is 16.2. The highest BCUT2D eigenvalue weighted by Crippen LogP contribution is 2.40. The summed E-state index contributed by atoms with van der Waals surface area (Å²) in [7, 11) is 0. The lowest BCUT2D eigenvalue weighted by molar-refractivity contribution is -0.137. The molecule has 5 rings (SSSR count). The predicted octanol–water partition coefficient (Wildman–Crippen LogP) is 8.52. The van der Waals surface area contributed by atoms with Crippen molar-refractivity contribution >= 4 is 40.9 Å². The molecular formula is C28H24Cl2F3NO2S. The van der Waals surface area contributed by atoms with E-state index in [4.69, 9.17) is 27.9 Å². The molecule has 37 heavy (non-hydrogen) atoms. The van der Waals surface area contributed by atoms with Crippen molar-refractivity contribution in [1.29, 1.82) is 0 Å². The minimum Gasteiger partial charge on any atom is -0.490 e. The van der Waals surface area contributed by atoms with Crippen LogP contribution in [-0.4, -0.2) is 29.0 Å². The Labute approximate surface area is 227 Å². The Hall–Kier alpha value is -2.35. The van der Waals surface area contributed by atoms with Gasteiger partial charge in [-0.05, 0) is 60.9 Å². The van der Waals surface area contributed by atoms with Crippen molar-refractivity contribution in [2.75, 3.05) is 0 Å². The highest BCUT2D eigenvalue weighted by Gasteiger charge is 2.44. The summed E-state index contributed by atoms with van der Waals surface area (Å²) >= 11 is 14.1. The summed E-state index contributed by atoms with van der Waals surface area (Å²) in [5, 5.41) is 1.22. The topological polar surface area (TPSA) is 29.5 Å². The molecule has 2 unspecified atom stereocenters. The number of carbonyl (C=O) groups excluding carboxylic acids is 1. The highest BCUT2D eigenvalue weighted by molar-refractivity contribution is 7.98. The second-order valence-corrected chi connectivity index (χ2v) is 11.2. The van der Waals surface area contributed by atoms with Gasteiger partial charge >= 0.3 is 6.18 Å². The number of benzene rings is 3. The first-order valence-corrected chi connectivity index (χ1v) is 13.8. The SMILES string of the molecule is O=C(c1ccc(CSc2c(Cl)cccc2Cl)cc1)N1C2CCC1CC(Oc1cccc(C(F)(F)F)c1)C2. The molecule has 2 fully saturated rings. The van der Waals surface area contributed by atoms with Gasteiger partial charge in [-0.25, -0.2) is 0 Å². The van der Waals surface area contributed by atoms with E-state index in [0.29, 0.717) is 34.2 Å². The molecule has 3 nitrogen and oxygen atoms in total. The zero-order valence-electron chi connectivity index (χ0n) is 19.7. The van der Waals surface area contributed by atoms with Crippen molar-refractivity contribution in [3.05, 3.63) is 93.5 Å². The highest BCUT2D eigenvalue weighted by atomic mass is 35.5. The van der Waals surface area contributed by atoms with Crippen LogP contribution in [0.5, 0.6) is 5.75 Å². The Morgan fingerprint density at radius 1 is 0.946 bits per heavy atom. The van der Waals surface area contributed by atoms with Crippen molar-refractivity contribution in [2.24, 2.45) is 0 Å². The van der Waals surface area contributed by atoms with Gasteiger partial charge in [0.25, 0.3) is 5.91 Å². The summed E-state index contributed by atoms with van der Waals surface area (Å²) < 4.78 is 45.1. The van der Waals surface area contributed by atoms with Crippen molar-refractivity contribution in [2.45, 2.75) is 60.7 Å². The van der Waals surface area contributed by atoms with E-state index >= 15 is 0 Å². The lowest BCUT2D eigenvalue weighted by atomic mass is 9.98. The zero-order valence-corrected chi connectivity index (χ0v) is 22.0. The van der Waals surface area contributed by atoms with Crippen LogP contribution in [0.25, 0.3) is 0 Å². The first-order valence-electron chi connectivity index (χ1n) is 12.0. The molecule has 0 saturated carbocycles. The average molecular weight is 566 g/mol. The lowest BCUT2D eigenvalue weighted by Gasteiger charge is -2.39. The summed E-state index contributed by atoms with van der Waals surface area (Å²) in [5.74, 6) is 0.866. The minimum atomic E-state index is -4.41. The fourth-order valence-electron chi connectivity index (χ4n) is 5.16. The molecule has 2 saturated heterocycles. The van der Waals surface area contributed by atoms with Gasteiger partial charge in [0.05, 0.1) is 15.6 Å². The van der Waals surface area contributed by atoms with E-state index in [2.05, 4.69) is 0 Å². The second-order valence-electron chi connectivity index (χ2n) is 9.37. The van der Waals surface area contributed by atoms with E-state index in [1.807, 2.05) is 35.2 Å². The fourth-order valence-corrected chi connectivity index (χ4v) is 6.80. The number of halogens is 5. The number of alkyl halides is 3. The van der Waals surface area contributed by atoms with Crippen LogP contribution >= 0.6 is 35.0 Å². The molecule has 0 aromatic heterocycles. The fraction of sp³-hybridized carbons (Fsp3) is 0.321. The molecule has 2 aliphatic heterocycles. The van der Waals surface area contributed by atoms with Crippen molar-refractivity contribution in [1.82, 2.24) is 4.90 Å². The number of hydrogen-bond donors (Lipinski definition) is 0. The number of amides is 1. The first kappa shape index (κ1) is 26.3. The molecule has 2 heterocycles. The molecule has 0 radical (unpaired) electrons. The maximum absolute atomic E-state index is 13.4. The van der Waals surface area contributed by atoms with Crippen LogP contribution in [0.2, 0.25) is 10.0 Å². The molecule has 1 amide bonds. The zero-order chi connectivity index (χ0) is 26.2. The first-order chi connectivity index (χ1) is 17.7. The Bertz CT molecular complexity index is 1250. The number of piperidine rings is 1. The van der Waals surface area contributed by atoms with E-state index < -0.39 is 11.7 Å². The Kier molecular flexibility index (Phi) is 7.66. The molecule has 194 valence electrons. The second kappa shape index (κ2) is 10.8. The molecule has 0 N–H and O–H groups in total. The Morgan fingerprint density at radius 2 is 1.57 bits per heavy atom. The molecule has 9 heteroatoms. The summed E-state index contributed by atoms with van der Waals surface area (Å²) in [6.07, 6.45) is -1.69. The smallest absolute Gasteiger partial charge is 0.416 e. The molecule has 2 bridgehead atoms. The van der Waals surface area contributed by atoms with Gasteiger partial charge in [0.2, 0.25) is 0 Å². The van der Waals surface area contributed by atoms with Gasteiger partial charge in [-0.15, -0.1) is 11.8 Å². The number of nitrogens with zero attached hydrogens (tertiary/aromatic N) is 1. The average Bonchev–Trinajstić information content (AvgIpc) is 3.13. The Balaban J connectivity index is 1.21. The van der Waals surface area contributed by atoms with Gasteiger partial charge in [0.1, 0.15) is 11.9 Å². The van der Waals surface area contributed by atoms with Crippen LogP contribution in [0.15, 0.2) is 71.6 Å². The lowest BCUT2D eigenvalue weighted by Crippen LogP contribution is -2.49. The largest absolute Gasteiger partial charge is 0.490 e. The van der Waals surface area contributed by atoms with Crippen molar-refractivity contribution in [3.63, 3.8) is 0 Å². The Morgan fingerprint density at radius 3 is 2.19 bits per heavy atom. The van der Waals surface area contributed by atoms with Crippen LogP contribution in [0.1, 0.15) is 47.2 Å². The quantitative estimate of drug-likeness (QED) is 0.280. The van der Waals surface area contributed by atoms with Gasteiger partial charge in [0, 0.05) is 41.1 Å². The van der Waals surface area contributed by atoms with Gasteiger partial charge in [-0.2, -0.15) is 13.2 Å². The van der Waals surface area contributed by atoms with Gasteiger partial charge in [-0.3, -0.25) is 4.79 Å². The van der Waals surface area contributed by atoms with Gasteiger partial charge in [0.15, 0.2) is 0 Å². The molecule has 3 aromatic rings. The monoisotopic (exact) mass is 565 g/mol. The van der Waals surface area contributed by atoms with Crippen LogP contribution in [0.4, 0.5) is 13.2 Å². The van der Waals surface area contributed by atoms with Crippen LogP contribution < -0.4 is 4.74 Å². The number of hydrogen-bond acceptors (Lipinski definition) is 3. The summed E-state index contributed by atoms with van der Waals surface area (Å²) in [6.45, 7) is 0. The molecule has 2 aliphatic rings. The summed E-state index contributed by atoms with van der Waals surface area (Å²) in [6, 6.07) is 18.0. The number of carbonyl (C=O) groups is 1. The standard InChI is InChI=1S/C28H24Cl2F3NO2S/c29-24-5-2-6-25(30)26(24)37-16-17-7-9-18(10-8-17)27(35)34-20-11-12-21(34)15-23(14-20)36-22-4-1-3-19(13-22)28(31,32)33/h1-10,13,20-21,23H,11-12,14-16H2. The molecule has 0 aliphatic carbocycles. The number of rotatable bonds is 6. The molecular weight excluding hydrogens is 542 g/mol. The number of ether oxygens (including phenoxy) is 1. The molecule has 2 atom stereocenters. The van der Waals surface area contributed by atoms with E-state index in [9.17, 15) is 18.0 Å². The van der Waals surface area contributed by atoms with Gasteiger partial charge < -0.3 is 9.64 Å². The van der Waals surface area contributed by atoms with E-state index in [-0.39, 0.29) is 29.8 Å². The van der Waals surface area contributed by atoms with E-state index in [1.165, 1.54) is 6.07 Å². The van der Waals surface area contributed by atoms with Crippen molar-refractivity contribution < 1.29 is 22.7 Å². The summed E-state index contributed by atoms with van der Waals surface area (Å²) in [5.41, 5.74) is 0.949. The maximum Gasteiger partial charge on any atom is 0.416 e. The third-order valence-corrected chi connectivity index (χ3v) is 8.95. The predicted molar refractivity (Wildman–Crippen MR) is 141 cm³/mol. The number of fused-ring (bicyclic) bond motifs is 2. The third kappa shape index (κ3) is 5.89.